The van der Waals surface area contributed by atoms with Crippen LogP contribution in [0.4, 0.5) is 5.69 Å². The second-order valence-corrected chi connectivity index (χ2v) is 4.32. The molecule has 1 N–H and O–H groups in total. The van der Waals surface area contributed by atoms with E-state index in [1.807, 2.05) is 0 Å². The van der Waals surface area contributed by atoms with Crippen molar-refractivity contribution in [3.63, 3.8) is 0 Å². The van der Waals surface area contributed by atoms with Crippen LogP contribution >= 0.6 is 0 Å². The third kappa shape index (κ3) is 3.77. The lowest BCUT2D eigenvalue weighted by Crippen LogP contribution is -2.50. The van der Waals surface area contributed by atoms with Gasteiger partial charge in [-0.2, -0.15) is 0 Å². The van der Waals surface area contributed by atoms with Crippen molar-refractivity contribution in [1.82, 2.24) is 5.32 Å². The maximum Gasteiger partial charge on any atom is 0.269 e. The smallest absolute Gasteiger partial charge is 0.269 e. The van der Waals surface area contributed by atoms with E-state index >= 15 is 0 Å². The van der Waals surface area contributed by atoms with Gasteiger partial charge in [0.1, 0.15) is 0 Å². The second kappa shape index (κ2) is 5.94. The first kappa shape index (κ1) is 14.6. The highest BCUT2D eigenvalue weighted by Crippen LogP contribution is 2.12. The summed E-state index contributed by atoms with van der Waals surface area (Å²) >= 11 is 0. The van der Waals surface area contributed by atoms with Gasteiger partial charge in [0.25, 0.3) is 11.6 Å². The molecule has 0 unspecified atom stereocenters. The highest BCUT2D eigenvalue weighted by molar-refractivity contribution is 5.96. The summed E-state index contributed by atoms with van der Waals surface area (Å²) in [5, 5.41) is 23.6. The minimum atomic E-state index is -1.37. The van der Waals surface area contributed by atoms with Crippen LogP contribution in [0, 0.1) is 16.0 Å². The normalized spacial score (nSPS) is 11.9. The van der Waals surface area contributed by atoms with Crippen molar-refractivity contribution < 1.29 is 19.6 Å². The second-order valence-electron chi connectivity index (χ2n) is 4.32. The van der Waals surface area contributed by atoms with Crippen molar-refractivity contribution in [2.75, 3.05) is 0 Å². The van der Waals surface area contributed by atoms with Gasteiger partial charge in [-0.1, -0.05) is 13.8 Å². The van der Waals surface area contributed by atoms with Crippen LogP contribution in [-0.4, -0.2) is 22.8 Å². The summed E-state index contributed by atoms with van der Waals surface area (Å²) < 4.78 is 0. The third-order valence-electron chi connectivity index (χ3n) is 2.55. The Bertz CT molecular complexity index is 495. The minimum Gasteiger partial charge on any atom is -0.548 e. The van der Waals surface area contributed by atoms with Crippen molar-refractivity contribution >= 4 is 17.6 Å². The van der Waals surface area contributed by atoms with Crippen LogP contribution in [0.15, 0.2) is 24.3 Å². The highest BCUT2D eigenvalue weighted by atomic mass is 16.6. The number of aliphatic carboxylic acids is 1. The zero-order valence-corrected chi connectivity index (χ0v) is 10.5. The van der Waals surface area contributed by atoms with Gasteiger partial charge in [-0.3, -0.25) is 14.9 Å². The average Bonchev–Trinajstić information content (AvgIpc) is 2.34. The first-order valence-corrected chi connectivity index (χ1v) is 5.59. The fraction of sp³-hybridized carbons (Fsp3) is 0.333. The number of nitrogens with zero attached hydrogens (tertiary/aromatic N) is 1. The van der Waals surface area contributed by atoms with Crippen LogP contribution < -0.4 is 10.4 Å². The Balaban J connectivity index is 2.83. The van der Waals surface area contributed by atoms with Crippen LogP contribution in [0.5, 0.6) is 0 Å². The summed E-state index contributed by atoms with van der Waals surface area (Å²) in [7, 11) is 0. The van der Waals surface area contributed by atoms with E-state index in [0.29, 0.717) is 0 Å². The maximum absolute atomic E-state index is 11.8. The molecule has 1 amide bonds. The van der Waals surface area contributed by atoms with Gasteiger partial charge >= 0.3 is 0 Å². The van der Waals surface area contributed by atoms with Crippen LogP contribution in [-0.2, 0) is 4.79 Å². The summed E-state index contributed by atoms with van der Waals surface area (Å²) in [6, 6.07) is 3.78. The molecule has 7 heteroatoms. The lowest BCUT2D eigenvalue weighted by Gasteiger charge is -2.23. The number of nitrogens with one attached hydrogen (secondary N) is 1. The van der Waals surface area contributed by atoms with Gasteiger partial charge in [-0.05, 0) is 18.1 Å². The summed E-state index contributed by atoms with van der Waals surface area (Å²) in [4.78, 5) is 32.5. The SMILES string of the molecule is CC(C)[C@H](NC(=O)c1ccc([N+](=O)[O-])cc1)C(=O)[O-]. The van der Waals surface area contributed by atoms with Crippen molar-refractivity contribution in [2.45, 2.75) is 19.9 Å². The van der Waals surface area contributed by atoms with Crippen molar-refractivity contribution in [3.05, 3.63) is 39.9 Å². The summed E-state index contributed by atoms with van der Waals surface area (Å²) in [6.45, 7) is 3.27. The van der Waals surface area contributed by atoms with E-state index in [1.54, 1.807) is 13.8 Å². The molecular formula is C12H13N2O5-. The largest absolute Gasteiger partial charge is 0.548 e. The number of nitro benzene ring substituents is 1. The molecule has 0 radical (unpaired) electrons. The van der Waals surface area contributed by atoms with Gasteiger partial charge < -0.3 is 15.2 Å². The van der Waals surface area contributed by atoms with E-state index in [2.05, 4.69) is 5.32 Å². The average molecular weight is 265 g/mol. The number of carbonyl (C=O) groups excluding carboxylic acids is 2. The molecule has 1 aromatic carbocycles. The molecule has 0 saturated carbocycles. The molecule has 1 aromatic rings. The topological polar surface area (TPSA) is 112 Å². The van der Waals surface area contributed by atoms with Gasteiger partial charge in [0.05, 0.1) is 16.9 Å². The molecule has 0 heterocycles. The Morgan fingerprint density at radius 1 is 1.21 bits per heavy atom. The van der Waals surface area contributed by atoms with E-state index in [9.17, 15) is 24.8 Å². The molecule has 0 bridgehead atoms. The Morgan fingerprint density at radius 2 is 1.74 bits per heavy atom. The lowest BCUT2D eigenvalue weighted by atomic mass is 10.0. The van der Waals surface area contributed by atoms with E-state index in [0.717, 1.165) is 0 Å². The molecule has 0 aliphatic carbocycles. The number of hydrogen-bond acceptors (Lipinski definition) is 5. The number of hydrogen-bond donors (Lipinski definition) is 1. The molecule has 0 aromatic heterocycles. The Labute approximate surface area is 109 Å². The molecule has 0 aliphatic rings. The monoisotopic (exact) mass is 265 g/mol. The maximum atomic E-state index is 11.8. The van der Waals surface area contributed by atoms with Gasteiger partial charge in [0, 0.05) is 17.7 Å². The summed E-state index contributed by atoms with van der Waals surface area (Å²) in [6.07, 6.45) is 0. The fourth-order valence-corrected chi connectivity index (χ4v) is 1.46. The van der Waals surface area contributed by atoms with E-state index in [1.165, 1.54) is 24.3 Å². The molecule has 0 saturated heterocycles. The van der Waals surface area contributed by atoms with Crippen LogP contribution in [0.25, 0.3) is 0 Å². The predicted octanol–water partition coefficient (Wildman–Crippen LogP) is 0.0991. The number of amides is 1. The number of carboxylic acids is 1. The Morgan fingerprint density at radius 3 is 2.11 bits per heavy atom. The van der Waals surface area contributed by atoms with Crippen LogP contribution in [0.1, 0.15) is 24.2 Å². The van der Waals surface area contributed by atoms with E-state index in [-0.39, 0.29) is 17.2 Å². The van der Waals surface area contributed by atoms with Gasteiger partial charge in [0.15, 0.2) is 0 Å². The van der Waals surface area contributed by atoms with Crippen molar-refractivity contribution in [2.24, 2.45) is 5.92 Å². The third-order valence-corrected chi connectivity index (χ3v) is 2.55. The van der Waals surface area contributed by atoms with Crippen LogP contribution in [0.3, 0.4) is 0 Å². The van der Waals surface area contributed by atoms with Crippen molar-refractivity contribution in [3.8, 4) is 0 Å². The van der Waals surface area contributed by atoms with E-state index in [4.69, 9.17) is 0 Å². The Kier molecular flexibility index (Phi) is 4.57. The molecule has 0 fully saturated rings. The summed E-state index contributed by atoms with van der Waals surface area (Å²) in [5.41, 5.74) is 0.00867. The molecule has 1 atom stereocenters. The standard InChI is InChI=1S/C12H14N2O5/c1-7(2)10(12(16)17)13-11(15)8-3-5-9(6-4-8)14(18)19/h3-7,10H,1-2H3,(H,13,15)(H,16,17)/p-1/t10-/m0/s1. The molecule has 0 aliphatic heterocycles. The number of non-ortho nitro benzene ring substituents is 1. The minimum absolute atomic E-state index is 0.142. The van der Waals surface area contributed by atoms with Gasteiger partial charge in [0.2, 0.25) is 0 Å². The van der Waals surface area contributed by atoms with Crippen molar-refractivity contribution in [1.29, 1.82) is 0 Å². The van der Waals surface area contributed by atoms with Gasteiger partial charge in [-0.25, -0.2) is 0 Å². The fourth-order valence-electron chi connectivity index (χ4n) is 1.46. The zero-order chi connectivity index (χ0) is 14.6. The molecule has 0 spiro atoms. The zero-order valence-electron chi connectivity index (χ0n) is 10.5. The molecular weight excluding hydrogens is 252 g/mol. The number of nitro groups is 1. The van der Waals surface area contributed by atoms with Gasteiger partial charge in [-0.15, -0.1) is 0 Å². The highest BCUT2D eigenvalue weighted by Gasteiger charge is 2.18. The predicted molar refractivity (Wildman–Crippen MR) is 64.2 cm³/mol. The molecule has 7 nitrogen and oxygen atoms in total. The number of rotatable bonds is 5. The first-order chi connectivity index (χ1) is 8.82. The number of benzene rings is 1. The first-order valence-electron chi connectivity index (χ1n) is 5.59. The molecule has 19 heavy (non-hydrogen) atoms. The molecule has 102 valence electrons. The number of carbonyl (C=O) groups is 2. The number of carboxylic acid groups (broad SMARTS) is 1. The lowest BCUT2D eigenvalue weighted by molar-refractivity contribution is -0.384. The summed E-state index contributed by atoms with van der Waals surface area (Å²) in [5.74, 6) is -2.31. The quantitative estimate of drug-likeness (QED) is 0.599. The Hall–Kier alpha value is -2.44. The molecule has 1 rings (SSSR count). The van der Waals surface area contributed by atoms with E-state index < -0.39 is 22.8 Å². The van der Waals surface area contributed by atoms with Crippen LogP contribution in [0.2, 0.25) is 0 Å².